The van der Waals surface area contributed by atoms with Crippen molar-refractivity contribution < 1.29 is 34.7 Å². The fourth-order valence-corrected chi connectivity index (χ4v) is 8.01. The van der Waals surface area contributed by atoms with Crippen molar-refractivity contribution in [2.75, 3.05) is 21.3 Å². The number of ketones is 1. The molecule has 1 heterocycles. The number of phenolic OH excluding ortho intramolecular Hbond substituents is 3. The number of carbonyl (C=O) groups is 1. The molecule has 0 amide bonds. The molecule has 0 aliphatic heterocycles. The van der Waals surface area contributed by atoms with Gasteiger partial charge in [-0.3, -0.25) is 4.79 Å². The fraction of sp³-hybridized carbons (Fsp3) is 0.298. The van der Waals surface area contributed by atoms with Gasteiger partial charge in [0.05, 0.1) is 20.3 Å². The van der Waals surface area contributed by atoms with Gasteiger partial charge in [-0.15, -0.1) is 0 Å². The molecule has 0 radical (unpaired) electrons. The number of methoxy groups -OCH3 is 2. The second-order valence-electron chi connectivity index (χ2n) is 14.6. The maximum Gasteiger partial charge on any atom is 0.164 e. The van der Waals surface area contributed by atoms with Crippen molar-refractivity contribution in [3.05, 3.63) is 148 Å². The molecule has 6 N–H and O–H groups in total. The summed E-state index contributed by atoms with van der Waals surface area (Å²) in [5, 5.41) is 49.6. The van der Waals surface area contributed by atoms with Crippen LogP contribution in [0.2, 0.25) is 0 Å². The summed E-state index contributed by atoms with van der Waals surface area (Å²) in [6, 6.07) is 28.3. The van der Waals surface area contributed by atoms with E-state index in [1.807, 2.05) is 49.8 Å². The number of hydrogen-bond donors (Lipinski definition) is 6. The van der Waals surface area contributed by atoms with Crippen LogP contribution in [0.5, 0.6) is 28.7 Å². The Labute approximate surface area is 328 Å². The zero-order chi connectivity index (χ0) is 39.8. The number of nitrogens with one attached hydrogen (secondary N) is 2. The van der Waals surface area contributed by atoms with Crippen LogP contribution >= 0.6 is 0 Å². The van der Waals surface area contributed by atoms with Crippen molar-refractivity contribution in [3.63, 3.8) is 0 Å². The number of aromatic amines is 1. The van der Waals surface area contributed by atoms with E-state index in [0.717, 1.165) is 50.6 Å². The number of hydrogen-bond acceptors (Lipinski definition) is 8. The van der Waals surface area contributed by atoms with Crippen molar-refractivity contribution in [1.29, 1.82) is 0 Å². The van der Waals surface area contributed by atoms with Crippen LogP contribution in [0.25, 0.3) is 10.8 Å². The fourth-order valence-electron chi connectivity index (χ4n) is 8.01. The Balaban J connectivity index is 1.36. The maximum absolute atomic E-state index is 14.6. The van der Waals surface area contributed by atoms with Gasteiger partial charge in [-0.05, 0) is 125 Å². The highest BCUT2D eigenvalue weighted by Crippen LogP contribution is 2.39. The number of phenols is 3. The smallest absolute Gasteiger partial charge is 0.164 e. The number of ether oxygens (including phenoxy) is 2. The van der Waals surface area contributed by atoms with Crippen LogP contribution in [0.1, 0.15) is 63.8 Å². The largest absolute Gasteiger partial charge is 0.508 e. The van der Waals surface area contributed by atoms with Crippen LogP contribution in [0.3, 0.4) is 0 Å². The molecule has 5 aromatic carbocycles. The Hall–Kier alpha value is -5.77. The molecule has 1 aromatic heterocycles. The maximum atomic E-state index is 14.6. The summed E-state index contributed by atoms with van der Waals surface area (Å²) in [6.07, 6.45) is 5.08. The van der Waals surface area contributed by atoms with E-state index in [9.17, 15) is 25.2 Å². The molecule has 3 atom stereocenters. The van der Waals surface area contributed by atoms with Gasteiger partial charge in [-0.1, -0.05) is 61.5 Å². The average molecular weight is 757 g/mol. The Morgan fingerprint density at radius 2 is 1.57 bits per heavy atom. The van der Waals surface area contributed by atoms with Crippen LogP contribution in [-0.4, -0.2) is 58.6 Å². The number of Topliss-reactive ketones (excluding diaryl/α,β-unsaturated/α-hetero) is 1. The van der Waals surface area contributed by atoms with Crippen molar-refractivity contribution in [3.8, 4) is 28.7 Å². The minimum Gasteiger partial charge on any atom is -0.508 e. The van der Waals surface area contributed by atoms with Gasteiger partial charge in [0.15, 0.2) is 23.0 Å². The monoisotopic (exact) mass is 756 g/mol. The third-order valence-corrected chi connectivity index (χ3v) is 10.9. The van der Waals surface area contributed by atoms with Crippen LogP contribution < -0.4 is 14.8 Å². The molecule has 56 heavy (non-hydrogen) atoms. The highest BCUT2D eigenvalue weighted by atomic mass is 16.5. The lowest BCUT2D eigenvalue weighted by Crippen LogP contribution is -2.30. The summed E-state index contributed by atoms with van der Waals surface area (Å²) in [5.41, 5.74) is 7.33. The standard InChI is InChI=1S/C47H52N2O7/c1-5-32-11-12-33-8-6-7-9-38(33)39(32)25-41-34(13-15-43(52)47(41)56-4)23-36(18-30-16-17-49-28-30)44(53)26-45(54)40(21-29-10-14-42(51)46(22-29)55-3)35-19-31(27-48-2)20-37(50)24-35/h6-17,19-20,22,24,28,36,40,44,48-53H,5,18,21,23,25-27H2,1-4H3/t36-,40+,44+/m0/s1. The highest BCUT2D eigenvalue weighted by Gasteiger charge is 2.30. The summed E-state index contributed by atoms with van der Waals surface area (Å²) in [5.74, 6) is -0.511. The average Bonchev–Trinajstić information content (AvgIpc) is 3.71. The van der Waals surface area contributed by atoms with E-state index in [-0.39, 0.29) is 41.8 Å². The molecule has 0 bridgehead atoms. The number of benzene rings is 5. The molecule has 6 aromatic rings. The van der Waals surface area contributed by atoms with Gasteiger partial charge in [-0.2, -0.15) is 0 Å². The van der Waals surface area contributed by atoms with Crippen molar-refractivity contribution in [2.24, 2.45) is 5.92 Å². The van der Waals surface area contributed by atoms with Gasteiger partial charge in [0, 0.05) is 43.3 Å². The van der Waals surface area contributed by atoms with E-state index in [1.165, 1.54) is 18.7 Å². The molecular weight excluding hydrogens is 705 g/mol. The van der Waals surface area contributed by atoms with E-state index >= 15 is 0 Å². The van der Waals surface area contributed by atoms with Gasteiger partial charge in [-0.25, -0.2) is 0 Å². The van der Waals surface area contributed by atoms with Crippen molar-refractivity contribution >= 4 is 16.6 Å². The first-order chi connectivity index (χ1) is 27.1. The molecule has 0 unspecified atom stereocenters. The Kier molecular flexibility index (Phi) is 13.0. The predicted octanol–water partition coefficient (Wildman–Crippen LogP) is 7.92. The molecule has 0 aliphatic rings. The van der Waals surface area contributed by atoms with E-state index in [0.29, 0.717) is 42.9 Å². The van der Waals surface area contributed by atoms with Gasteiger partial charge >= 0.3 is 0 Å². The number of aromatic hydroxyl groups is 3. The molecular formula is C47H52N2O7. The number of fused-ring (bicyclic) bond motifs is 1. The molecule has 0 saturated carbocycles. The van der Waals surface area contributed by atoms with Crippen LogP contribution in [0.15, 0.2) is 103 Å². The zero-order valence-corrected chi connectivity index (χ0v) is 32.5. The normalized spacial score (nSPS) is 13.0. The lowest BCUT2D eigenvalue weighted by Gasteiger charge is -2.27. The number of aliphatic hydroxyl groups is 1. The molecule has 6 rings (SSSR count). The number of carbonyl (C=O) groups excluding carboxylic acids is 1. The summed E-state index contributed by atoms with van der Waals surface area (Å²) in [7, 11) is 4.85. The van der Waals surface area contributed by atoms with E-state index in [1.54, 1.807) is 37.4 Å². The first-order valence-corrected chi connectivity index (χ1v) is 19.1. The van der Waals surface area contributed by atoms with E-state index in [2.05, 4.69) is 41.5 Å². The van der Waals surface area contributed by atoms with E-state index < -0.39 is 12.0 Å². The molecule has 9 nitrogen and oxygen atoms in total. The predicted molar refractivity (Wildman–Crippen MR) is 220 cm³/mol. The number of aromatic nitrogens is 1. The first kappa shape index (κ1) is 39.9. The van der Waals surface area contributed by atoms with Crippen LogP contribution in [0.4, 0.5) is 0 Å². The number of aliphatic hydroxyl groups excluding tert-OH is 1. The number of rotatable bonds is 18. The number of H-pyrrole nitrogens is 1. The van der Waals surface area contributed by atoms with Crippen molar-refractivity contribution in [1.82, 2.24) is 10.3 Å². The van der Waals surface area contributed by atoms with Gasteiger partial charge < -0.3 is 40.2 Å². The SMILES string of the molecule is CCc1ccc2ccccc2c1Cc1c(C[C@H](Cc2cc[nH]c2)[C@H](O)CC(=O)[C@H](Cc2ccc(O)c(OC)c2)c2cc(O)cc(CNC)c2)ccc(O)c1OC. The third-order valence-electron chi connectivity index (χ3n) is 10.9. The number of aryl methyl sites for hydroxylation is 1. The zero-order valence-electron chi connectivity index (χ0n) is 32.5. The second-order valence-corrected chi connectivity index (χ2v) is 14.6. The molecule has 0 saturated heterocycles. The molecule has 0 fully saturated rings. The quantitative estimate of drug-likeness (QED) is 0.0519. The molecule has 0 aliphatic carbocycles. The Morgan fingerprint density at radius 1 is 0.786 bits per heavy atom. The highest BCUT2D eigenvalue weighted by molar-refractivity contribution is 5.88. The first-order valence-electron chi connectivity index (χ1n) is 19.1. The second kappa shape index (κ2) is 18.2. The lowest BCUT2D eigenvalue weighted by atomic mass is 9.80. The van der Waals surface area contributed by atoms with Gasteiger partial charge in [0.2, 0.25) is 0 Å². The molecule has 9 heteroatoms. The summed E-state index contributed by atoms with van der Waals surface area (Å²) in [6.45, 7) is 2.63. The van der Waals surface area contributed by atoms with Crippen LogP contribution in [0, 0.1) is 5.92 Å². The Morgan fingerprint density at radius 3 is 2.30 bits per heavy atom. The van der Waals surface area contributed by atoms with E-state index in [4.69, 9.17) is 9.47 Å². The van der Waals surface area contributed by atoms with Crippen LogP contribution in [-0.2, 0) is 43.4 Å². The third kappa shape index (κ3) is 9.18. The summed E-state index contributed by atoms with van der Waals surface area (Å²) < 4.78 is 11.2. The summed E-state index contributed by atoms with van der Waals surface area (Å²) >= 11 is 0. The topological polar surface area (TPSA) is 144 Å². The minimum absolute atomic E-state index is 0.00703. The Bertz CT molecular complexity index is 2270. The van der Waals surface area contributed by atoms with Crippen molar-refractivity contribution in [2.45, 2.75) is 64.0 Å². The lowest BCUT2D eigenvalue weighted by molar-refractivity contribution is -0.123. The minimum atomic E-state index is -1.04. The molecule has 0 spiro atoms. The van der Waals surface area contributed by atoms with Gasteiger partial charge in [0.1, 0.15) is 11.5 Å². The van der Waals surface area contributed by atoms with Gasteiger partial charge in [0.25, 0.3) is 0 Å². The summed E-state index contributed by atoms with van der Waals surface area (Å²) in [4.78, 5) is 17.7. The molecule has 292 valence electrons.